The van der Waals surface area contributed by atoms with Crippen molar-refractivity contribution in [3.63, 3.8) is 0 Å². The number of carbonyl (C=O) groups is 2. The van der Waals surface area contributed by atoms with Crippen molar-refractivity contribution < 1.29 is 14.7 Å². The lowest BCUT2D eigenvalue weighted by Crippen LogP contribution is -2.42. The predicted octanol–water partition coefficient (Wildman–Crippen LogP) is 0.362. The number of hydrogen-bond acceptors (Lipinski definition) is 3. The Bertz CT molecular complexity index is 427. The van der Waals surface area contributed by atoms with E-state index in [0.29, 0.717) is 6.54 Å². The van der Waals surface area contributed by atoms with E-state index in [1.54, 1.807) is 0 Å². The third-order valence-electron chi connectivity index (χ3n) is 2.65. The number of aliphatic hydroxyl groups excluding tert-OH is 1. The van der Waals surface area contributed by atoms with Gasteiger partial charge in [0.1, 0.15) is 0 Å². The predicted molar refractivity (Wildman–Crippen MR) is 72.4 cm³/mol. The van der Waals surface area contributed by atoms with Gasteiger partial charge in [-0.05, 0) is 24.5 Å². The van der Waals surface area contributed by atoms with E-state index in [4.69, 9.17) is 5.11 Å². The summed E-state index contributed by atoms with van der Waals surface area (Å²) in [5.41, 5.74) is 2.17. The Labute approximate surface area is 113 Å². The Morgan fingerprint density at radius 3 is 2.16 bits per heavy atom. The Balaban J connectivity index is 2.38. The van der Waals surface area contributed by atoms with Crippen molar-refractivity contribution in [2.75, 3.05) is 6.54 Å². The highest BCUT2D eigenvalue weighted by Crippen LogP contribution is 2.04. The van der Waals surface area contributed by atoms with Crippen LogP contribution in [0.25, 0.3) is 0 Å². The lowest BCUT2D eigenvalue weighted by molar-refractivity contribution is -0.139. The van der Waals surface area contributed by atoms with Crippen molar-refractivity contribution in [1.29, 1.82) is 0 Å². The molecule has 1 aromatic carbocycles. The highest BCUT2D eigenvalue weighted by Gasteiger charge is 2.12. The summed E-state index contributed by atoms with van der Waals surface area (Å²) >= 11 is 0. The smallest absolute Gasteiger partial charge is 0.309 e. The second-order valence-corrected chi connectivity index (χ2v) is 4.41. The molecule has 0 radical (unpaired) electrons. The van der Waals surface area contributed by atoms with Crippen molar-refractivity contribution in [1.82, 2.24) is 10.6 Å². The monoisotopic (exact) mass is 264 g/mol. The van der Waals surface area contributed by atoms with E-state index in [2.05, 4.69) is 17.6 Å². The molecule has 0 aromatic heterocycles. The first-order valence-corrected chi connectivity index (χ1v) is 6.34. The fourth-order valence-corrected chi connectivity index (χ4v) is 1.48. The lowest BCUT2D eigenvalue weighted by Gasteiger charge is -2.08. The molecule has 19 heavy (non-hydrogen) atoms. The number of aliphatic hydroxyl groups is 1. The van der Waals surface area contributed by atoms with Crippen LogP contribution in [0.2, 0.25) is 0 Å². The van der Waals surface area contributed by atoms with E-state index in [9.17, 15) is 9.59 Å². The number of hydrogen-bond donors (Lipinski definition) is 3. The quantitative estimate of drug-likeness (QED) is 0.672. The van der Waals surface area contributed by atoms with E-state index >= 15 is 0 Å². The zero-order valence-corrected chi connectivity index (χ0v) is 11.3. The van der Waals surface area contributed by atoms with E-state index in [1.165, 1.54) is 12.5 Å². The second kappa shape index (κ2) is 7.53. The highest BCUT2D eigenvalue weighted by molar-refractivity contribution is 6.35. The van der Waals surface area contributed by atoms with E-state index < -0.39 is 17.9 Å². The third kappa shape index (κ3) is 5.52. The third-order valence-corrected chi connectivity index (χ3v) is 2.65. The minimum atomic E-state index is -0.730. The fraction of sp³-hybridized carbons (Fsp3) is 0.429. The molecular weight excluding hydrogens is 244 g/mol. The number of carbonyl (C=O) groups excluding carboxylic acids is 2. The van der Waals surface area contributed by atoms with Crippen LogP contribution in [0.3, 0.4) is 0 Å². The Morgan fingerprint density at radius 2 is 1.63 bits per heavy atom. The summed E-state index contributed by atoms with van der Waals surface area (Å²) in [4.78, 5) is 22.8. The molecule has 0 heterocycles. The number of aryl methyl sites for hydroxylation is 1. The van der Waals surface area contributed by atoms with Gasteiger partial charge in [0, 0.05) is 13.1 Å². The van der Waals surface area contributed by atoms with Gasteiger partial charge in [0.15, 0.2) is 0 Å². The van der Waals surface area contributed by atoms with Gasteiger partial charge in [0.05, 0.1) is 6.10 Å². The average molecular weight is 264 g/mol. The maximum absolute atomic E-state index is 11.4. The lowest BCUT2D eigenvalue weighted by atomic mass is 10.1. The first kappa shape index (κ1) is 15.2. The van der Waals surface area contributed by atoms with Crippen LogP contribution < -0.4 is 10.6 Å². The number of nitrogens with one attached hydrogen (secondary N) is 2. The molecule has 3 N–H and O–H groups in total. The molecule has 104 valence electrons. The average Bonchev–Trinajstić information content (AvgIpc) is 2.42. The standard InChI is InChI=1S/C14H20N2O3/c1-3-11-4-6-12(7-5-11)9-16-14(19)13(18)15-8-10(2)17/h4-7,10,17H,3,8-9H2,1-2H3,(H,15,18)(H,16,19)/t10-/m0/s1. The molecule has 0 saturated heterocycles. The van der Waals surface area contributed by atoms with Crippen LogP contribution in [0.15, 0.2) is 24.3 Å². The van der Waals surface area contributed by atoms with E-state index in [1.807, 2.05) is 24.3 Å². The van der Waals surface area contributed by atoms with Crippen molar-refractivity contribution in [3.8, 4) is 0 Å². The number of benzene rings is 1. The molecule has 1 atom stereocenters. The molecule has 0 fully saturated rings. The first-order chi connectivity index (χ1) is 9.02. The summed E-state index contributed by atoms with van der Waals surface area (Å²) in [6.45, 7) is 3.99. The molecule has 1 aromatic rings. The molecule has 0 aliphatic heterocycles. The normalized spacial score (nSPS) is 11.7. The summed E-state index contributed by atoms with van der Waals surface area (Å²) in [5.74, 6) is -1.42. The van der Waals surface area contributed by atoms with Crippen molar-refractivity contribution in [2.45, 2.75) is 32.9 Å². The van der Waals surface area contributed by atoms with Crippen molar-refractivity contribution >= 4 is 11.8 Å². The minimum absolute atomic E-state index is 0.0669. The molecule has 0 bridgehead atoms. The van der Waals surface area contributed by atoms with Gasteiger partial charge < -0.3 is 15.7 Å². The van der Waals surface area contributed by atoms with Crippen LogP contribution in [0, 0.1) is 0 Å². The van der Waals surface area contributed by atoms with Crippen LogP contribution in [0.5, 0.6) is 0 Å². The molecule has 0 aliphatic rings. The molecule has 0 aliphatic carbocycles. The molecule has 2 amide bonds. The van der Waals surface area contributed by atoms with Gasteiger partial charge in [0.2, 0.25) is 0 Å². The van der Waals surface area contributed by atoms with Crippen LogP contribution in [-0.4, -0.2) is 29.6 Å². The van der Waals surface area contributed by atoms with Gasteiger partial charge in [-0.15, -0.1) is 0 Å². The molecular formula is C14H20N2O3. The molecule has 0 spiro atoms. The fourth-order valence-electron chi connectivity index (χ4n) is 1.48. The first-order valence-electron chi connectivity index (χ1n) is 6.34. The number of amides is 2. The van der Waals surface area contributed by atoms with Crippen molar-refractivity contribution in [2.24, 2.45) is 0 Å². The Hall–Kier alpha value is -1.88. The SMILES string of the molecule is CCc1ccc(CNC(=O)C(=O)NC[C@H](C)O)cc1. The van der Waals surface area contributed by atoms with Crippen LogP contribution in [0.4, 0.5) is 0 Å². The van der Waals surface area contributed by atoms with Crippen LogP contribution in [-0.2, 0) is 22.6 Å². The number of rotatable bonds is 5. The Kier molecular flexibility index (Phi) is 6.02. The van der Waals surface area contributed by atoms with Crippen molar-refractivity contribution in [3.05, 3.63) is 35.4 Å². The largest absolute Gasteiger partial charge is 0.392 e. The van der Waals surface area contributed by atoms with E-state index in [-0.39, 0.29) is 6.54 Å². The van der Waals surface area contributed by atoms with Gasteiger partial charge in [-0.2, -0.15) is 0 Å². The topological polar surface area (TPSA) is 78.4 Å². The van der Waals surface area contributed by atoms with Gasteiger partial charge in [-0.25, -0.2) is 0 Å². The minimum Gasteiger partial charge on any atom is -0.392 e. The summed E-state index contributed by atoms with van der Waals surface area (Å²) < 4.78 is 0. The molecule has 5 heteroatoms. The zero-order chi connectivity index (χ0) is 14.3. The van der Waals surface area contributed by atoms with Crippen LogP contribution in [0.1, 0.15) is 25.0 Å². The van der Waals surface area contributed by atoms with E-state index in [0.717, 1.165) is 12.0 Å². The maximum Gasteiger partial charge on any atom is 0.309 e. The molecule has 0 saturated carbocycles. The Morgan fingerprint density at radius 1 is 1.11 bits per heavy atom. The molecule has 0 unspecified atom stereocenters. The van der Waals surface area contributed by atoms with Gasteiger partial charge in [0.25, 0.3) is 0 Å². The van der Waals surface area contributed by atoms with Gasteiger partial charge in [-0.3, -0.25) is 9.59 Å². The van der Waals surface area contributed by atoms with Crippen LogP contribution >= 0.6 is 0 Å². The molecule has 1 rings (SSSR count). The highest BCUT2D eigenvalue weighted by atomic mass is 16.3. The maximum atomic E-state index is 11.4. The zero-order valence-electron chi connectivity index (χ0n) is 11.3. The summed E-state index contributed by atoms with van der Waals surface area (Å²) in [7, 11) is 0. The summed E-state index contributed by atoms with van der Waals surface area (Å²) in [5, 5.41) is 13.9. The van der Waals surface area contributed by atoms with Gasteiger partial charge >= 0.3 is 11.8 Å². The summed E-state index contributed by atoms with van der Waals surface area (Å²) in [6.07, 6.45) is 0.298. The summed E-state index contributed by atoms with van der Waals surface area (Å²) in [6, 6.07) is 7.84. The van der Waals surface area contributed by atoms with Gasteiger partial charge in [-0.1, -0.05) is 31.2 Å². The second-order valence-electron chi connectivity index (χ2n) is 4.41. The molecule has 5 nitrogen and oxygen atoms in total.